The van der Waals surface area contributed by atoms with E-state index in [1.165, 1.54) is 6.08 Å². The minimum absolute atomic E-state index is 0.605. The van der Waals surface area contributed by atoms with E-state index in [9.17, 15) is 4.79 Å². The third-order valence-electron chi connectivity index (χ3n) is 2.16. The monoisotopic (exact) mass is 204 g/mol. The fraction of sp³-hybridized carbons (Fsp3) is 0.100. The second kappa shape index (κ2) is 3.33. The van der Waals surface area contributed by atoms with Crippen molar-refractivity contribution in [1.29, 1.82) is 0 Å². The lowest BCUT2D eigenvalue weighted by Crippen LogP contribution is -1.85. The van der Waals surface area contributed by atoms with Gasteiger partial charge in [-0.05, 0) is 24.3 Å². The van der Waals surface area contributed by atoms with Crippen LogP contribution in [0.25, 0.3) is 10.9 Å². The van der Waals surface area contributed by atoms with Gasteiger partial charge in [-0.15, -0.1) is 17.6 Å². The van der Waals surface area contributed by atoms with Gasteiger partial charge >= 0.3 is 0 Å². The van der Waals surface area contributed by atoms with Crippen molar-refractivity contribution in [2.45, 2.75) is 4.90 Å². The van der Waals surface area contributed by atoms with Crippen LogP contribution in [0.3, 0.4) is 0 Å². The molecule has 0 aliphatic rings. The molecule has 0 spiro atoms. The molecule has 0 N–H and O–H groups in total. The van der Waals surface area contributed by atoms with Crippen molar-refractivity contribution >= 4 is 35.4 Å². The molecule has 0 radical (unpaired) electrons. The van der Waals surface area contributed by atoms with Gasteiger partial charge in [0.05, 0.1) is 0 Å². The summed E-state index contributed by atoms with van der Waals surface area (Å²) < 4.78 is 1.84. The van der Waals surface area contributed by atoms with Crippen LogP contribution in [0.4, 0.5) is 5.82 Å². The van der Waals surface area contributed by atoms with Crippen LogP contribution in [0, 0.1) is 0 Å². The van der Waals surface area contributed by atoms with E-state index in [1.54, 1.807) is 0 Å². The summed E-state index contributed by atoms with van der Waals surface area (Å²) in [5.41, 5.74) is 1.02. The Morgan fingerprint density at radius 1 is 1.43 bits per heavy atom. The van der Waals surface area contributed by atoms with Crippen LogP contribution in [0.15, 0.2) is 34.2 Å². The van der Waals surface area contributed by atoms with E-state index in [0.29, 0.717) is 5.82 Å². The quantitative estimate of drug-likeness (QED) is 0.432. The highest BCUT2D eigenvalue weighted by Crippen LogP contribution is 2.25. The van der Waals surface area contributed by atoms with Crippen LogP contribution in [0.5, 0.6) is 0 Å². The molecule has 0 saturated heterocycles. The number of hydrogen-bond acceptors (Lipinski definition) is 3. The van der Waals surface area contributed by atoms with Crippen LogP contribution >= 0.6 is 12.6 Å². The second-order valence-electron chi connectivity index (χ2n) is 3.01. The Morgan fingerprint density at radius 2 is 2.21 bits per heavy atom. The lowest BCUT2D eigenvalue weighted by molar-refractivity contribution is 0.565. The molecule has 0 aliphatic carbocycles. The van der Waals surface area contributed by atoms with Gasteiger partial charge in [-0.25, -0.2) is 4.79 Å². The fourth-order valence-corrected chi connectivity index (χ4v) is 1.69. The van der Waals surface area contributed by atoms with Gasteiger partial charge in [-0.1, -0.05) is 0 Å². The molecule has 1 heterocycles. The summed E-state index contributed by atoms with van der Waals surface area (Å²) in [4.78, 5) is 14.6. The number of aromatic nitrogens is 1. The lowest BCUT2D eigenvalue weighted by Gasteiger charge is -1.97. The van der Waals surface area contributed by atoms with E-state index in [1.807, 2.05) is 35.9 Å². The van der Waals surface area contributed by atoms with Crippen molar-refractivity contribution in [3.63, 3.8) is 0 Å². The number of isocyanates is 1. The first kappa shape index (κ1) is 9.06. The van der Waals surface area contributed by atoms with E-state index in [-0.39, 0.29) is 0 Å². The molecule has 1 aromatic carbocycles. The van der Waals surface area contributed by atoms with E-state index < -0.39 is 0 Å². The molecule has 2 aromatic rings. The first-order chi connectivity index (χ1) is 6.72. The Hall–Kier alpha value is -1.51. The Kier molecular flexibility index (Phi) is 2.15. The third kappa shape index (κ3) is 1.35. The summed E-state index contributed by atoms with van der Waals surface area (Å²) >= 11 is 4.24. The van der Waals surface area contributed by atoms with Crippen LogP contribution in [0.1, 0.15) is 0 Å². The van der Waals surface area contributed by atoms with Gasteiger partial charge in [0.1, 0.15) is 5.82 Å². The molecule has 4 heteroatoms. The molecule has 70 valence electrons. The smallest absolute Gasteiger partial charge is 0.242 e. The molecule has 0 fully saturated rings. The maximum atomic E-state index is 10.2. The summed E-state index contributed by atoms with van der Waals surface area (Å²) in [6, 6.07) is 7.61. The maximum absolute atomic E-state index is 10.2. The predicted molar refractivity (Wildman–Crippen MR) is 58.0 cm³/mol. The van der Waals surface area contributed by atoms with E-state index >= 15 is 0 Å². The number of hydrogen-bond donors (Lipinski definition) is 1. The first-order valence-electron chi connectivity index (χ1n) is 4.08. The molecular weight excluding hydrogens is 196 g/mol. The minimum atomic E-state index is 0.605. The van der Waals surface area contributed by atoms with Gasteiger partial charge in [0.2, 0.25) is 6.08 Å². The molecule has 0 atom stereocenters. The molecule has 0 saturated carbocycles. The zero-order valence-electron chi connectivity index (χ0n) is 7.56. The highest BCUT2D eigenvalue weighted by molar-refractivity contribution is 7.80. The van der Waals surface area contributed by atoms with E-state index in [2.05, 4.69) is 17.6 Å². The topological polar surface area (TPSA) is 34.4 Å². The molecule has 0 amide bonds. The summed E-state index contributed by atoms with van der Waals surface area (Å²) in [6.45, 7) is 0. The minimum Gasteiger partial charge on any atom is -0.328 e. The zero-order chi connectivity index (χ0) is 10.1. The molecule has 3 nitrogen and oxygen atoms in total. The average Bonchev–Trinajstić information content (AvgIpc) is 2.44. The number of fused-ring (bicyclic) bond motifs is 1. The van der Waals surface area contributed by atoms with Crippen LogP contribution < -0.4 is 0 Å². The second-order valence-corrected chi connectivity index (χ2v) is 3.52. The Labute approximate surface area is 86.5 Å². The normalized spacial score (nSPS) is 10.1. The van der Waals surface area contributed by atoms with Gasteiger partial charge in [0, 0.05) is 22.8 Å². The molecule has 0 unspecified atom stereocenters. The van der Waals surface area contributed by atoms with Gasteiger partial charge < -0.3 is 4.57 Å². The molecule has 14 heavy (non-hydrogen) atoms. The average molecular weight is 204 g/mol. The predicted octanol–water partition coefficient (Wildman–Crippen LogP) is 2.43. The van der Waals surface area contributed by atoms with Gasteiger partial charge in [-0.3, -0.25) is 0 Å². The van der Waals surface area contributed by atoms with Gasteiger partial charge in [-0.2, -0.15) is 0 Å². The van der Waals surface area contributed by atoms with Crippen molar-refractivity contribution in [2.75, 3.05) is 0 Å². The Bertz CT molecular complexity index is 538. The largest absolute Gasteiger partial charge is 0.328 e. The molecular formula is C10H8N2OS. The Morgan fingerprint density at radius 3 is 2.93 bits per heavy atom. The summed E-state index contributed by atoms with van der Waals surface area (Å²) in [5.74, 6) is 0.605. The molecule has 1 aromatic heterocycles. The number of rotatable bonds is 1. The highest BCUT2D eigenvalue weighted by atomic mass is 32.1. The maximum Gasteiger partial charge on any atom is 0.242 e. The van der Waals surface area contributed by atoms with Crippen molar-refractivity contribution in [3.8, 4) is 0 Å². The van der Waals surface area contributed by atoms with Crippen molar-refractivity contribution in [1.82, 2.24) is 4.57 Å². The molecule has 0 aliphatic heterocycles. The van der Waals surface area contributed by atoms with E-state index in [0.717, 1.165) is 15.8 Å². The van der Waals surface area contributed by atoms with Crippen molar-refractivity contribution in [2.24, 2.45) is 12.0 Å². The highest BCUT2D eigenvalue weighted by Gasteiger charge is 2.04. The first-order valence-corrected chi connectivity index (χ1v) is 4.53. The van der Waals surface area contributed by atoms with Gasteiger partial charge in [0.25, 0.3) is 0 Å². The van der Waals surface area contributed by atoms with Crippen molar-refractivity contribution < 1.29 is 4.79 Å². The fourth-order valence-electron chi connectivity index (χ4n) is 1.48. The number of aryl methyl sites for hydroxylation is 1. The third-order valence-corrected chi connectivity index (χ3v) is 2.44. The van der Waals surface area contributed by atoms with Crippen LogP contribution in [-0.2, 0) is 11.8 Å². The van der Waals surface area contributed by atoms with Crippen LogP contribution in [-0.4, -0.2) is 10.6 Å². The lowest BCUT2D eigenvalue weighted by atomic mass is 10.2. The number of aliphatic imine (C=N–C) groups is 1. The summed E-state index contributed by atoms with van der Waals surface area (Å²) in [7, 11) is 1.86. The van der Waals surface area contributed by atoms with Gasteiger partial charge in [0.15, 0.2) is 0 Å². The molecule has 2 rings (SSSR count). The zero-order valence-corrected chi connectivity index (χ0v) is 8.45. The number of thiol groups is 1. The van der Waals surface area contributed by atoms with E-state index in [4.69, 9.17) is 0 Å². The number of carbonyl (C=O) groups excluding carboxylic acids is 1. The standard InChI is InChI=1S/C10H8N2OS/c1-12-9-3-2-8(14)4-7(9)5-10(12)11-6-13/h2-5,14H,1H3. The summed E-state index contributed by atoms with van der Waals surface area (Å²) in [5, 5.41) is 1.02. The summed E-state index contributed by atoms with van der Waals surface area (Å²) in [6.07, 6.45) is 1.54. The number of nitrogens with zero attached hydrogens (tertiary/aromatic N) is 2. The number of benzene rings is 1. The Balaban J connectivity index is 2.79. The van der Waals surface area contributed by atoms with Crippen LogP contribution in [0.2, 0.25) is 0 Å². The molecule has 0 bridgehead atoms. The van der Waals surface area contributed by atoms with Crippen molar-refractivity contribution in [3.05, 3.63) is 24.3 Å². The SMILES string of the molecule is Cn1c(N=C=O)cc2cc(S)ccc21.